The molecule has 2 rings (SSSR count). The highest BCUT2D eigenvalue weighted by molar-refractivity contribution is 14.1. The van der Waals surface area contributed by atoms with Gasteiger partial charge in [0, 0.05) is 21.0 Å². The van der Waals surface area contributed by atoms with Crippen molar-refractivity contribution in [3.63, 3.8) is 0 Å². The van der Waals surface area contributed by atoms with Gasteiger partial charge in [-0.15, -0.1) is 0 Å². The Balaban J connectivity index is 2.04. The van der Waals surface area contributed by atoms with Crippen LogP contribution in [0, 0.1) is 10.5 Å². The van der Waals surface area contributed by atoms with Gasteiger partial charge in [0.15, 0.2) is 0 Å². The van der Waals surface area contributed by atoms with E-state index >= 15 is 0 Å². The van der Waals surface area contributed by atoms with Crippen molar-refractivity contribution in [3.8, 4) is 5.75 Å². The van der Waals surface area contributed by atoms with Crippen LogP contribution in [0.15, 0.2) is 41.6 Å². The molecule has 0 spiro atoms. The summed E-state index contributed by atoms with van der Waals surface area (Å²) in [4.78, 5) is 15.8. The molecule has 1 heterocycles. The Morgan fingerprint density at radius 1 is 1.40 bits per heavy atom. The molecule has 0 aliphatic carbocycles. The number of aromatic nitrogens is 1. The molecule has 0 bridgehead atoms. The van der Waals surface area contributed by atoms with Gasteiger partial charge in [-0.1, -0.05) is 0 Å². The monoisotopic (exact) mass is 381 g/mol. The van der Waals surface area contributed by atoms with Gasteiger partial charge in [0.25, 0.3) is 5.91 Å². The summed E-state index contributed by atoms with van der Waals surface area (Å²) < 4.78 is 0.968. The molecule has 0 aliphatic rings. The summed E-state index contributed by atoms with van der Waals surface area (Å²) in [6, 6.07) is 8.55. The number of carbonyl (C=O) groups excluding carboxylic acids is 1. The Bertz CT molecular complexity index is 654. The van der Waals surface area contributed by atoms with Crippen molar-refractivity contribution >= 4 is 34.7 Å². The molecule has 2 N–H and O–H groups in total. The van der Waals surface area contributed by atoms with E-state index in [-0.39, 0.29) is 11.7 Å². The van der Waals surface area contributed by atoms with Crippen molar-refractivity contribution in [2.45, 2.75) is 6.92 Å². The highest BCUT2D eigenvalue weighted by Crippen LogP contribution is 2.17. The molecular formula is C14H12IN3O2. The maximum absolute atomic E-state index is 11.8. The number of rotatable bonds is 3. The fraction of sp³-hybridized carbons (Fsp3) is 0.0714. The standard InChI is InChI=1S/C14H12IN3O2/c1-9-2-3-10(7-16-9)14(20)18-17-8-11-6-12(15)4-5-13(11)19/h2-8,19H,1H3,(H,18,20)/b17-8+. The van der Waals surface area contributed by atoms with Crippen molar-refractivity contribution in [1.82, 2.24) is 10.4 Å². The van der Waals surface area contributed by atoms with Gasteiger partial charge in [-0.25, -0.2) is 5.43 Å². The van der Waals surface area contributed by atoms with Crippen LogP contribution in [0.1, 0.15) is 21.6 Å². The number of amides is 1. The maximum atomic E-state index is 11.8. The van der Waals surface area contributed by atoms with Crippen LogP contribution in [0.3, 0.4) is 0 Å². The first-order valence-electron chi connectivity index (χ1n) is 5.81. The van der Waals surface area contributed by atoms with Crippen LogP contribution < -0.4 is 5.43 Å². The average molecular weight is 381 g/mol. The van der Waals surface area contributed by atoms with E-state index in [1.54, 1.807) is 30.3 Å². The second kappa shape index (κ2) is 6.47. The van der Waals surface area contributed by atoms with Crippen molar-refractivity contribution in [1.29, 1.82) is 0 Å². The number of nitrogens with one attached hydrogen (secondary N) is 1. The molecule has 0 unspecified atom stereocenters. The number of hydrazone groups is 1. The SMILES string of the molecule is Cc1ccc(C(=O)N/N=C/c2cc(I)ccc2O)cn1. The number of aromatic hydroxyl groups is 1. The summed E-state index contributed by atoms with van der Waals surface area (Å²) in [6.45, 7) is 1.85. The number of aryl methyl sites for hydroxylation is 1. The predicted octanol–water partition coefficient (Wildman–Crippen LogP) is 2.46. The minimum atomic E-state index is -0.348. The molecule has 0 radical (unpaired) electrons. The van der Waals surface area contributed by atoms with Gasteiger partial charge in [-0.05, 0) is 59.8 Å². The summed E-state index contributed by atoms with van der Waals surface area (Å²) in [5, 5.41) is 13.5. The number of benzene rings is 1. The topological polar surface area (TPSA) is 74.6 Å². The van der Waals surface area contributed by atoms with Crippen LogP contribution in [-0.4, -0.2) is 22.2 Å². The van der Waals surface area contributed by atoms with E-state index in [4.69, 9.17) is 0 Å². The lowest BCUT2D eigenvalue weighted by Crippen LogP contribution is -2.17. The lowest BCUT2D eigenvalue weighted by atomic mass is 10.2. The predicted molar refractivity (Wildman–Crippen MR) is 84.9 cm³/mol. The summed E-state index contributed by atoms with van der Waals surface area (Å²) in [6.07, 6.45) is 2.89. The average Bonchev–Trinajstić information content (AvgIpc) is 2.43. The van der Waals surface area contributed by atoms with E-state index in [1.165, 1.54) is 12.4 Å². The van der Waals surface area contributed by atoms with E-state index < -0.39 is 0 Å². The Hall–Kier alpha value is -1.96. The van der Waals surface area contributed by atoms with Gasteiger partial charge in [0.05, 0.1) is 11.8 Å². The quantitative estimate of drug-likeness (QED) is 0.487. The Morgan fingerprint density at radius 2 is 2.20 bits per heavy atom. The minimum absolute atomic E-state index is 0.111. The number of halogens is 1. The molecule has 6 heteroatoms. The van der Waals surface area contributed by atoms with Gasteiger partial charge >= 0.3 is 0 Å². The molecule has 102 valence electrons. The van der Waals surface area contributed by atoms with Crippen LogP contribution in [0.2, 0.25) is 0 Å². The first-order chi connectivity index (χ1) is 9.56. The van der Waals surface area contributed by atoms with E-state index in [0.29, 0.717) is 11.1 Å². The molecule has 0 aliphatic heterocycles. The van der Waals surface area contributed by atoms with Gasteiger partial charge in [0.2, 0.25) is 0 Å². The number of hydrogen-bond donors (Lipinski definition) is 2. The second-order valence-electron chi connectivity index (χ2n) is 4.09. The smallest absolute Gasteiger partial charge is 0.272 e. The van der Waals surface area contributed by atoms with E-state index in [1.807, 2.05) is 6.92 Å². The summed E-state index contributed by atoms with van der Waals surface area (Å²) in [5.41, 5.74) is 4.20. The second-order valence-corrected chi connectivity index (χ2v) is 5.34. The zero-order valence-electron chi connectivity index (χ0n) is 10.7. The molecule has 1 amide bonds. The number of carbonyl (C=O) groups is 1. The molecule has 0 fully saturated rings. The number of pyridine rings is 1. The third kappa shape index (κ3) is 3.77. The Kier molecular flexibility index (Phi) is 4.67. The zero-order chi connectivity index (χ0) is 14.5. The Morgan fingerprint density at radius 3 is 2.90 bits per heavy atom. The van der Waals surface area contributed by atoms with E-state index in [2.05, 4.69) is 38.1 Å². The molecule has 20 heavy (non-hydrogen) atoms. The third-order valence-electron chi connectivity index (χ3n) is 2.53. The zero-order valence-corrected chi connectivity index (χ0v) is 12.8. The molecule has 1 aromatic heterocycles. The third-order valence-corrected chi connectivity index (χ3v) is 3.20. The van der Waals surface area contributed by atoms with Crippen LogP contribution >= 0.6 is 22.6 Å². The normalized spacial score (nSPS) is 10.7. The Labute approximate surface area is 129 Å². The van der Waals surface area contributed by atoms with E-state index in [9.17, 15) is 9.90 Å². The first-order valence-corrected chi connectivity index (χ1v) is 6.89. The van der Waals surface area contributed by atoms with Crippen molar-refractivity contribution < 1.29 is 9.90 Å². The fourth-order valence-corrected chi connectivity index (χ4v) is 1.97. The van der Waals surface area contributed by atoms with Gasteiger partial charge in [-0.2, -0.15) is 5.10 Å². The minimum Gasteiger partial charge on any atom is -0.507 e. The molecule has 2 aromatic rings. The number of hydrogen-bond acceptors (Lipinski definition) is 4. The molecular weight excluding hydrogens is 369 g/mol. The van der Waals surface area contributed by atoms with Crippen LogP contribution in [-0.2, 0) is 0 Å². The molecule has 0 atom stereocenters. The largest absolute Gasteiger partial charge is 0.507 e. The first kappa shape index (κ1) is 14.4. The van der Waals surface area contributed by atoms with Gasteiger partial charge in [-0.3, -0.25) is 9.78 Å². The van der Waals surface area contributed by atoms with Crippen molar-refractivity contribution in [3.05, 3.63) is 56.9 Å². The summed E-state index contributed by atoms with van der Waals surface area (Å²) in [7, 11) is 0. The highest BCUT2D eigenvalue weighted by Gasteiger charge is 2.04. The van der Waals surface area contributed by atoms with Gasteiger partial charge in [0.1, 0.15) is 5.75 Å². The summed E-state index contributed by atoms with van der Waals surface area (Å²) in [5.74, 6) is -0.237. The fourth-order valence-electron chi connectivity index (χ4n) is 1.46. The summed E-state index contributed by atoms with van der Waals surface area (Å²) >= 11 is 2.13. The highest BCUT2D eigenvalue weighted by atomic mass is 127. The molecule has 1 aromatic carbocycles. The number of phenols is 1. The van der Waals surface area contributed by atoms with Crippen LogP contribution in [0.4, 0.5) is 0 Å². The number of nitrogens with zero attached hydrogens (tertiary/aromatic N) is 2. The lowest BCUT2D eigenvalue weighted by molar-refractivity contribution is 0.0954. The van der Waals surface area contributed by atoms with Crippen molar-refractivity contribution in [2.24, 2.45) is 5.10 Å². The van der Waals surface area contributed by atoms with Crippen LogP contribution in [0.25, 0.3) is 0 Å². The molecule has 0 saturated carbocycles. The lowest BCUT2D eigenvalue weighted by Gasteiger charge is -2.01. The van der Waals surface area contributed by atoms with Crippen LogP contribution in [0.5, 0.6) is 5.75 Å². The van der Waals surface area contributed by atoms with Crippen molar-refractivity contribution in [2.75, 3.05) is 0 Å². The number of phenolic OH excluding ortho intramolecular Hbond substituents is 1. The maximum Gasteiger partial charge on any atom is 0.272 e. The molecule has 0 saturated heterocycles. The van der Waals surface area contributed by atoms with Gasteiger partial charge < -0.3 is 5.11 Å². The molecule has 5 nitrogen and oxygen atoms in total. The van der Waals surface area contributed by atoms with E-state index in [0.717, 1.165) is 9.26 Å².